The molecule has 1 saturated heterocycles. The molecule has 2 aromatic carbocycles. The Hall–Kier alpha value is -4.38. The molecular weight excluding hydrogens is 697 g/mol. The summed E-state index contributed by atoms with van der Waals surface area (Å²) >= 11 is 1.16. The van der Waals surface area contributed by atoms with Crippen molar-refractivity contribution in [1.82, 2.24) is 24.4 Å². The number of benzene rings is 2. The Balaban J connectivity index is 1.57. The third-order valence-corrected chi connectivity index (χ3v) is 10.9. The van der Waals surface area contributed by atoms with Crippen LogP contribution in [0.3, 0.4) is 0 Å². The SMILES string of the molecule is COc1ccc(S(=O)(=O)N(CC(C)C)C[C@H](O)[C@H](Cc2ccccc2)NC(=O)[C@H](C(C)C)N2CC(=O)N(Cc3csc(NC(C)=O)n3)C2=O)cc1. The second-order valence-corrected chi connectivity index (χ2v) is 16.0. The molecule has 4 rings (SSSR count). The van der Waals surface area contributed by atoms with Gasteiger partial charge in [-0.3, -0.25) is 19.3 Å². The van der Waals surface area contributed by atoms with Crippen molar-refractivity contribution in [1.29, 1.82) is 0 Å². The van der Waals surface area contributed by atoms with Crippen molar-refractivity contribution in [2.75, 3.05) is 32.1 Å². The molecule has 1 aliphatic heterocycles. The predicted molar refractivity (Wildman–Crippen MR) is 192 cm³/mol. The van der Waals surface area contributed by atoms with Gasteiger partial charge < -0.3 is 25.4 Å². The van der Waals surface area contributed by atoms with Gasteiger partial charge in [0.05, 0.1) is 36.4 Å². The molecule has 16 heteroatoms. The Morgan fingerprint density at radius 2 is 1.71 bits per heavy atom. The van der Waals surface area contributed by atoms with E-state index in [0.717, 1.165) is 21.8 Å². The number of sulfonamides is 1. The fourth-order valence-corrected chi connectivity index (χ4v) is 8.19. The summed E-state index contributed by atoms with van der Waals surface area (Å²) in [6.45, 7) is 7.89. The number of thiazole rings is 1. The van der Waals surface area contributed by atoms with Crippen molar-refractivity contribution < 1.29 is 37.4 Å². The summed E-state index contributed by atoms with van der Waals surface area (Å²) in [7, 11) is -2.58. The van der Waals surface area contributed by atoms with Crippen LogP contribution >= 0.6 is 11.3 Å². The maximum atomic E-state index is 14.1. The van der Waals surface area contributed by atoms with Gasteiger partial charge in [0, 0.05) is 25.4 Å². The van der Waals surface area contributed by atoms with Crippen LogP contribution in [0.1, 0.15) is 45.9 Å². The lowest BCUT2D eigenvalue weighted by atomic mass is 9.97. The molecule has 3 atom stereocenters. The van der Waals surface area contributed by atoms with Crippen LogP contribution in [0.4, 0.5) is 9.93 Å². The van der Waals surface area contributed by atoms with Crippen molar-refractivity contribution in [2.45, 2.75) is 70.7 Å². The number of ether oxygens (including phenoxy) is 1. The lowest BCUT2D eigenvalue weighted by Gasteiger charge is -2.34. The largest absolute Gasteiger partial charge is 0.497 e. The molecule has 51 heavy (non-hydrogen) atoms. The van der Waals surface area contributed by atoms with Crippen LogP contribution in [0, 0.1) is 11.8 Å². The minimum Gasteiger partial charge on any atom is -0.497 e. The fourth-order valence-electron chi connectivity index (χ4n) is 5.82. The molecule has 5 amide bonds. The van der Waals surface area contributed by atoms with E-state index in [2.05, 4.69) is 15.6 Å². The lowest BCUT2D eigenvalue weighted by molar-refractivity contribution is -0.129. The zero-order valence-electron chi connectivity index (χ0n) is 29.6. The first-order chi connectivity index (χ1) is 24.1. The van der Waals surface area contributed by atoms with Crippen LogP contribution in [0.15, 0.2) is 64.9 Å². The summed E-state index contributed by atoms with van der Waals surface area (Å²) < 4.78 is 34.1. The van der Waals surface area contributed by atoms with Crippen molar-refractivity contribution >= 4 is 50.2 Å². The van der Waals surface area contributed by atoms with Crippen LogP contribution in [0.25, 0.3) is 0 Å². The number of urea groups is 1. The van der Waals surface area contributed by atoms with E-state index in [1.807, 2.05) is 44.2 Å². The highest BCUT2D eigenvalue weighted by atomic mass is 32.2. The topological polar surface area (TPSA) is 179 Å². The summed E-state index contributed by atoms with van der Waals surface area (Å²) in [5, 5.41) is 19.2. The molecular formula is C35H46N6O8S2. The molecule has 2 heterocycles. The Labute approximate surface area is 302 Å². The van der Waals surface area contributed by atoms with E-state index in [1.165, 1.54) is 35.4 Å². The van der Waals surface area contributed by atoms with Gasteiger partial charge in [-0.1, -0.05) is 58.0 Å². The van der Waals surface area contributed by atoms with E-state index in [0.29, 0.717) is 16.6 Å². The first kappa shape index (κ1) is 39.4. The van der Waals surface area contributed by atoms with Crippen LogP contribution in [-0.2, 0) is 37.4 Å². The van der Waals surface area contributed by atoms with Gasteiger partial charge in [-0.05, 0) is 48.1 Å². The van der Waals surface area contributed by atoms with E-state index < -0.39 is 52.0 Å². The normalized spacial score (nSPS) is 15.4. The van der Waals surface area contributed by atoms with Crippen LogP contribution in [0.5, 0.6) is 5.75 Å². The number of aromatic nitrogens is 1. The Kier molecular flexibility index (Phi) is 13.3. The molecule has 3 aromatic rings. The molecule has 1 fully saturated rings. The molecule has 0 bridgehead atoms. The number of methoxy groups -OCH3 is 1. The molecule has 0 aliphatic carbocycles. The number of anilines is 1. The average molecular weight is 743 g/mol. The van der Waals surface area contributed by atoms with Crippen molar-refractivity contribution in [3.63, 3.8) is 0 Å². The molecule has 0 spiro atoms. The second kappa shape index (κ2) is 17.2. The molecule has 3 N–H and O–H groups in total. The van der Waals surface area contributed by atoms with Crippen molar-refractivity contribution in [3.05, 3.63) is 71.2 Å². The van der Waals surface area contributed by atoms with E-state index in [1.54, 1.807) is 31.4 Å². The predicted octanol–water partition coefficient (Wildman–Crippen LogP) is 3.33. The minimum atomic E-state index is -4.06. The first-order valence-corrected chi connectivity index (χ1v) is 18.9. The number of nitrogens with zero attached hydrogens (tertiary/aromatic N) is 4. The standard InChI is InChI=1S/C35H46N6O8S2/c1-22(2)17-39(51(47,48)28-14-12-27(49-6)13-15-28)19-30(43)29(16-25-10-8-7-9-11-25)38-33(45)32(23(3)4)41-20-31(44)40(35(41)46)18-26-21-50-34(37-26)36-24(5)42/h7-15,21-23,29-30,32,43H,16-20H2,1-6H3,(H,38,45)(H,36,37,42)/t29-,30-,32-/m0/s1. The van der Waals surface area contributed by atoms with Gasteiger partial charge in [-0.25, -0.2) is 18.2 Å². The summed E-state index contributed by atoms with van der Waals surface area (Å²) in [5.41, 5.74) is 1.19. The summed E-state index contributed by atoms with van der Waals surface area (Å²) in [5.74, 6) is -1.43. The number of carbonyl (C=O) groups is 4. The maximum Gasteiger partial charge on any atom is 0.328 e. The average Bonchev–Trinajstić information content (AvgIpc) is 3.62. The number of aliphatic hydroxyl groups is 1. The van der Waals surface area contributed by atoms with Gasteiger partial charge in [-0.15, -0.1) is 11.3 Å². The van der Waals surface area contributed by atoms with E-state index in [-0.39, 0.29) is 49.3 Å². The second-order valence-electron chi connectivity index (χ2n) is 13.2. The third-order valence-electron chi connectivity index (χ3n) is 8.22. The van der Waals surface area contributed by atoms with Crippen LogP contribution in [-0.4, -0.2) is 101 Å². The van der Waals surface area contributed by atoms with Gasteiger partial charge in [-0.2, -0.15) is 4.31 Å². The molecule has 0 radical (unpaired) electrons. The fraction of sp³-hybridized carbons (Fsp3) is 0.457. The number of aliphatic hydroxyl groups excluding tert-OH is 1. The monoisotopic (exact) mass is 742 g/mol. The lowest BCUT2D eigenvalue weighted by Crippen LogP contribution is -2.57. The van der Waals surface area contributed by atoms with E-state index in [4.69, 9.17) is 4.74 Å². The van der Waals surface area contributed by atoms with Crippen molar-refractivity contribution in [2.24, 2.45) is 11.8 Å². The van der Waals surface area contributed by atoms with Gasteiger partial charge in [0.15, 0.2) is 5.13 Å². The highest BCUT2D eigenvalue weighted by Gasteiger charge is 2.44. The molecule has 276 valence electrons. The minimum absolute atomic E-state index is 0.0328. The quantitative estimate of drug-likeness (QED) is 0.175. The van der Waals surface area contributed by atoms with Gasteiger partial charge in [0.25, 0.3) is 5.91 Å². The zero-order chi connectivity index (χ0) is 37.5. The number of hydrogen-bond donors (Lipinski definition) is 3. The molecule has 1 aliphatic rings. The molecule has 0 saturated carbocycles. The highest BCUT2D eigenvalue weighted by molar-refractivity contribution is 7.89. The molecule has 1 aromatic heterocycles. The smallest absolute Gasteiger partial charge is 0.328 e. The maximum absolute atomic E-state index is 14.1. The summed E-state index contributed by atoms with van der Waals surface area (Å²) in [4.78, 5) is 58.7. The van der Waals surface area contributed by atoms with E-state index in [9.17, 15) is 32.7 Å². The number of amides is 5. The first-order valence-electron chi connectivity index (χ1n) is 16.6. The number of imide groups is 1. The summed E-state index contributed by atoms with van der Waals surface area (Å²) in [6.07, 6.45) is -1.19. The number of rotatable bonds is 17. The summed E-state index contributed by atoms with van der Waals surface area (Å²) in [6, 6.07) is 12.4. The number of nitrogens with one attached hydrogen (secondary N) is 2. The Morgan fingerprint density at radius 3 is 2.29 bits per heavy atom. The molecule has 14 nitrogen and oxygen atoms in total. The Morgan fingerprint density at radius 1 is 1.04 bits per heavy atom. The van der Waals surface area contributed by atoms with Gasteiger partial charge in [0.2, 0.25) is 21.8 Å². The van der Waals surface area contributed by atoms with Crippen molar-refractivity contribution in [3.8, 4) is 5.75 Å². The van der Waals surface area contributed by atoms with Gasteiger partial charge in [0.1, 0.15) is 18.3 Å². The Bertz CT molecular complexity index is 1780. The number of carbonyl (C=O) groups excluding carboxylic acids is 4. The third kappa shape index (κ3) is 10.1. The number of hydrogen-bond acceptors (Lipinski definition) is 10. The van der Waals surface area contributed by atoms with Gasteiger partial charge >= 0.3 is 6.03 Å². The molecule has 0 unspecified atom stereocenters. The van der Waals surface area contributed by atoms with Crippen LogP contribution in [0.2, 0.25) is 0 Å². The highest BCUT2D eigenvalue weighted by Crippen LogP contribution is 2.25. The zero-order valence-corrected chi connectivity index (χ0v) is 31.2. The van der Waals surface area contributed by atoms with E-state index >= 15 is 0 Å². The van der Waals surface area contributed by atoms with Crippen LogP contribution < -0.4 is 15.4 Å².